The van der Waals surface area contributed by atoms with Gasteiger partial charge in [-0.05, 0) is 24.8 Å². The van der Waals surface area contributed by atoms with E-state index in [0.717, 1.165) is 24.8 Å². The van der Waals surface area contributed by atoms with Crippen LogP contribution in [-0.2, 0) is 16.1 Å². The quantitative estimate of drug-likeness (QED) is 0.419. The van der Waals surface area contributed by atoms with Crippen molar-refractivity contribution >= 4 is 23.8 Å². The number of aliphatic imine (C=N–C) groups is 2. The van der Waals surface area contributed by atoms with Crippen molar-refractivity contribution in [2.24, 2.45) is 15.7 Å². The van der Waals surface area contributed by atoms with Gasteiger partial charge in [-0.15, -0.1) is 11.6 Å². The van der Waals surface area contributed by atoms with E-state index in [9.17, 15) is 10.2 Å². The van der Waals surface area contributed by atoms with Crippen LogP contribution < -0.4 is 11.1 Å². The summed E-state index contributed by atoms with van der Waals surface area (Å²) in [6, 6.07) is 10.1. The van der Waals surface area contributed by atoms with Crippen LogP contribution in [0, 0.1) is 0 Å². The number of rotatable bonds is 8. The minimum Gasteiger partial charge on any atom is -0.387 e. The van der Waals surface area contributed by atoms with Crippen molar-refractivity contribution in [2.75, 3.05) is 5.88 Å². The van der Waals surface area contributed by atoms with Gasteiger partial charge >= 0.3 is 0 Å². The first-order chi connectivity index (χ1) is 16.0. The van der Waals surface area contributed by atoms with E-state index in [-0.39, 0.29) is 18.0 Å². The molecular formula is C23H30ClN5O4. The summed E-state index contributed by atoms with van der Waals surface area (Å²) in [5.74, 6) is 0.754. The second-order valence-corrected chi connectivity index (χ2v) is 8.58. The number of amidine groups is 1. The highest BCUT2D eigenvalue weighted by molar-refractivity contribution is 6.18. The summed E-state index contributed by atoms with van der Waals surface area (Å²) in [5.41, 5.74) is 7.94. The summed E-state index contributed by atoms with van der Waals surface area (Å²) in [7, 11) is 0. The first-order valence-corrected chi connectivity index (χ1v) is 11.6. The molecule has 33 heavy (non-hydrogen) atoms. The van der Waals surface area contributed by atoms with Crippen molar-refractivity contribution in [1.29, 1.82) is 0 Å². The van der Waals surface area contributed by atoms with Crippen LogP contribution >= 0.6 is 11.6 Å². The molecule has 0 bridgehead atoms. The van der Waals surface area contributed by atoms with Crippen LogP contribution in [0.15, 0.2) is 64.6 Å². The van der Waals surface area contributed by atoms with E-state index < -0.39 is 24.5 Å². The summed E-state index contributed by atoms with van der Waals surface area (Å²) < 4.78 is 11.9. The SMILES string of the molecule is C=C/N=C1\C(=C(/N)NC2CCC[C@H]2OCc2ccccc2)N=CN1[C@@H]1O[C@H](CCl)[C@@H](O)[C@H]1O. The van der Waals surface area contributed by atoms with Gasteiger partial charge in [0, 0.05) is 6.20 Å². The maximum atomic E-state index is 10.5. The highest BCUT2D eigenvalue weighted by atomic mass is 35.5. The first kappa shape index (κ1) is 23.7. The molecule has 1 aromatic carbocycles. The highest BCUT2D eigenvalue weighted by Crippen LogP contribution is 2.29. The van der Waals surface area contributed by atoms with E-state index in [0.29, 0.717) is 24.0 Å². The molecule has 4 rings (SSSR count). The third kappa shape index (κ3) is 5.07. The smallest absolute Gasteiger partial charge is 0.165 e. The van der Waals surface area contributed by atoms with Crippen LogP contribution in [0.5, 0.6) is 0 Å². The monoisotopic (exact) mass is 475 g/mol. The Kier molecular flexibility index (Phi) is 7.67. The predicted octanol–water partition coefficient (Wildman–Crippen LogP) is 1.41. The van der Waals surface area contributed by atoms with E-state index in [2.05, 4.69) is 21.9 Å². The summed E-state index contributed by atoms with van der Waals surface area (Å²) >= 11 is 5.84. The summed E-state index contributed by atoms with van der Waals surface area (Å²) in [5, 5.41) is 24.0. The number of hydrogen-bond donors (Lipinski definition) is 4. The molecule has 9 nitrogen and oxygen atoms in total. The van der Waals surface area contributed by atoms with Crippen molar-refractivity contribution in [3.05, 3.63) is 60.2 Å². The van der Waals surface area contributed by atoms with Gasteiger partial charge in [0.2, 0.25) is 0 Å². The van der Waals surface area contributed by atoms with Crippen LogP contribution in [0.1, 0.15) is 24.8 Å². The van der Waals surface area contributed by atoms with Gasteiger partial charge in [0.05, 0.1) is 31.0 Å². The number of aliphatic hydroxyl groups excluding tert-OH is 2. The van der Waals surface area contributed by atoms with Crippen molar-refractivity contribution < 1.29 is 19.7 Å². The molecule has 0 radical (unpaired) electrons. The van der Waals surface area contributed by atoms with Gasteiger partial charge in [-0.1, -0.05) is 36.9 Å². The van der Waals surface area contributed by atoms with Crippen LogP contribution in [0.4, 0.5) is 0 Å². The number of alkyl halides is 1. The Morgan fingerprint density at radius 1 is 1.33 bits per heavy atom. The van der Waals surface area contributed by atoms with Crippen LogP contribution in [0.2, 0.25) is 0 Å². The lowest BCUT2D eigenvalue weighted by molar-refractivity contribution is -0.0295. The van der Waals surface area contributed by atoms with E-state index in [1.54, 1.807) is 0 Å². The van der Waals surface area contributed by atoms with E-state index >= 15 is 0 Å². The predicted molar refractivity (Wildman–Crippen MR) is 126 cm³/mol. The Balaban J connectivity index is 1.46. The number of nitrogens with one attached hydrogen (secondary N) is 1. The molecule has 1 unspecified atom stereocenters. The fraction of sp³-hybridized carbons (Fsp3) is 0.478. The molecule has 0 spiro atoms. The Labute approximate surface area is 198 Å². The zero-order chi connectivity index (χ0) is 23.4. The molecule has 3 aliphatic rings. The van der Waals surface area contributed by atoms with E-state index in [4.69, 9.17) is 26.8 Å². The molecule has 5 N–H and O–H groups in total. The Bertz CT molecular complexity index is 925. The van der Waals surface area contributed by atoms with Crippen molar-refractivity contribution in [2.45, 2.75) is 62.6 Å². The minimum absolute atomic E-state index is 0.0187. The average Bonchev–Trinajstić information content (AvgIpc) is 3.52. The summed E-state index contributed by atoms with van der Waals surface area (Å²) in [4.78, 5) is 10.2. The molecule has 1 saturated carbocycles. The molecule has 0 aromatic heterocycles. The van der Waals surface area contributed by atoms with Crippen molar-refractivity contribution in [3.63, 3.8) is 0 Å². The number of halogens is 1. The minimum atomic E-state index is -1.19. The summed E-state index contributed by atoms with van der Waals surface area (Å²) in [6.07, 6.45) is 1.85. The number of benzene rings is 1. The van der Waals surface area contributed by atoms with Crippen molar-refractivity contribution in [1.82, 2.24) is 10.2 Å². The average molecular weight is 476 g/mol. The van der Waals surface area contributed by atoms with Gasteiger partial charge in [-0.2, -0.15) is 0 Å². The molecule has 10 heteroatoms. The maximum absolute atomic E-state index is 10.5. The Hall–Kier alpha value is -2.43. The first-order valence-electron chi connectivity index (χ1n) is 11.0. The second kappa shape index (κ2) is 10.7. The zero-order valence-corrected chi connectivity index (χ0v) is 19.0. The van der Waals surface area contributed by atoms with Gasteiger partial charge in [-0.3, -0.25) is 4.90 Å². The molecule has 0 amide bonds. The zero-order valence-electron chi connectivity index (χ0n) is 18.3. The number of nitrogens with zero attached hydrogens (tertiary/aromatic N) is 3. The maximum Gasteiger partial charge on any atom is 0.165 e. The number of hydrogen-bond acceptors (Lipinski definition) is 8. The molecule has 2 heterocycles. The topological polar surface area (TPSA) is 125 Å². The molecule has 1 saturated heterocycles. The lowest BCUT2D eigenvalue weighted by Crippen LogP contribution is -2.46. The molecule has 6 atom stereocenters. The molecule has 178 valence electrons. The highest BCUT2D eigenvalue weighted by Gasteiger charge is 2.47. The standard InChI is InChI=1S/C23H30ClN5O4/c1-2-26-22-18(27-13-29(22)23-20(31)19(30)17(11-24)33-23)21(25)28-15-9-6-10-16(15)32-12-14-7-4-3-5-8-14/h2-5,7-8,13,15-17,19-20,23,28,30-31H,1,6,9-12,25H2/b21-18-,26-22+/t15?,16-,17-,19-,20-,23-/m1/s1. The lowest BCUT2D eigenvalue weighted by atomic mass is 10.1. The van der Waals surface area contributed by atoms with E-state index in [1.165, 1.54) is 17.4 Å². The fourth-order valence-corrected chi connectivity index (χ4v) is 4.62. The Morgan fingerprint density at radius 2 is 2.12 bits per heavy atom. The molecule has 2 aliphatic heterocycles. The largest absolute Gasteiger partial charge is 0.387 e. The molecule has 2 fully saturated rings. The van der Waals surface area contributed by atoms with Gasteiger partial charge < -0.3 is 30.7 Å². The number of nitrogens with two attached hydrogens (primary N) is 1. The normalized spacial score (nSPS) is 34.3. The van der Waals surface area contributed by atoms with Gasteiger partial charge in [0.25, 0.3) is 0 Å². The number of aliphatic hydroxyl groups is 2. The molecular weight excluding hydrogens is 446 g/mol. The summed E-state index contributed by atoms with van der Waals surface area (Å²) in [6.45, 7) is 4.20. The van der Waals surface area contributed by atoms with Crippen LogP contribution in [0.3, 0.4) is 0 Å². The fourth-order valence-electron chi connectivity index (χ4n) is 4.37. The third-order valence-corrected chi connectivity index (χ3v) is 6.40. The molecule has 1 aliphatic carbocycles. The van der Waals surface area contributed by atoms with Gasteiger partial charge in [0.15, 0.2) is 12.1 Å². The number of ether oxygens (including phenoxy) is 2. The van der Waals surface area contributed by atoms with Gasteiger partial charge in [-0.25, -0.2) is 9.98 Å². The van der Waals surface area contributed by atoms with Crippen LogP contribution in [-0.4, -0.2) is 69.9 Å². The van der Waals surface area contributed by atoms with Crippen molar-refractivity contribution in [3.8, 4) is 0 Å². The second-order valence-electron chi connectivity index (χ2n) is 8.27. The Morgan fingerprint density at radius 3 is 2.82 bits per heavy atom. The van der Waals surface area contributed by atoms with Gasteiger partial charge in [0.1, 0.15) is 29.8 Å². The van der Waals surface area contributed by atoms with Crippen LogP contribution in [0.25, 0.3) is 0 Å². The van der Waals surface area contributed by atoms with E-state index in [1.807, 2.05) is 30.3 Å². The third-order valence-electron chi connectivity index (χ3n) is 6.10. The molecule has 1 aromatic rings. The lowest BCUT2D eigenvalue weighted by Gasteiger charge is -2.26.